The molecule has 0 spiro atoms. The van der Waals surface area contributed by atoms with Crippen LogP contribution < -0.4 is 5.32 Å². The van der Waals surface area contributed by atoms with Crippen molar-refractivity contribution in [2.75, 3.05) is 13.2 Å². The molecular weight excluding hydrogens is 254 g/mol. The summed E-state index contributed by atoms with van der Waals surface area (Å²) in [4.78, 5) is 4.43. The summed E-state index contributed by atoms with van der Waals surface area (Å²) in [6.07, 6.45) is 7.18. The van der Waals surface area contributed by atoms with Gasteiger partial charge in [-0.25, -0.2) is 0 Å². The highest BCUT2D eigenvalue weighted by Crippen LogP contribution is 2.29. The minimum Gasteiger partial charge on any atom is -0.373 e. The molecule has 1 aliphatic carbocycles. The van der Waals surface area contributed by atoms with Gasteiger partial charge in [-0.15, -0.1) is 0 Å². The molecule has 0 bridgehead atoms. The molecule has 1 aromatic heterocycles. The van der Waals surface area contributed by atoms with Crippen LogP contribution >= 0.6 is 0 Å². The Morgan fingerprint density at radius 3 is 2.85 bits per heavy atom. The molecule has 1 fully saturated rings. The molecule has 1 saturated carbocycles. The van der Waals surface area contributed by atoms with Gasteiger partial charge >= 0.3 is 0 Å². The highest BCUT2D eigenvalue weighted by Gasteiger charge is 2.26. The van der Waals surface area contributed by atoms with Gasteiger partial charge in [0.1, 0.15) is 6.61 Å². The van der Waals surface area contributed by atoms with Crippen LogP contribution in [0, 0.1) is 5.92 Å². The van der Waals surface area contributed by atoms with Crippen LogP contribution in [0.4, 0.5) is 0 Å². The zero-order valence-electron chi connectivity index (χ0n) is 12.7. The third-order valence-corrected chi connectivity index (χ3v) is 3.92. The smallest absolute Gasteiger partial charge is 0.228 e. The van der Waals surface area contributed by atoms with E-state index in [0.29, 0.717) is 18.5 Å². The molecule has 0 aromatic carbocycles. The van der Waals surface area contributed by atoms with Crippen LogP contribution in [-0.2, 0) is 17.8 Å². The predicted molar refractivity (Wildman–Crippen MR) is 77.4 cm³/mol. The Labute approximate surface area is 121 Å². The number of likely N-dealkylation sites (N-methyl/N-ethyl adjacent to an activating group) is 1. The standard InChI is InChI=1S/C15H27N3O2/c1-3-9-19-11-14-17-15(20-18-14)10-13(16-4-2)12-7-5-6-8-12/h12-13,16H,3-11H2,1-2H3. The van der Waals surface area contributed by atoms with Crippen LogP contribution in [0.5, 0.6) is 0 Å². The summed E-state index contributed by atoms with van der Waals surface area (Å²) in [5.41, 5.74) is 0. The molecule has 0 radical (unpaired) electrons. The quantitative estimate of drug-likeness (QED) is 0.705. The second kappa shape index (κ2) is 8.37. The molecule has 114 valence electrons. The van der Waals surface area contributed by atoms with Gasteiger partial charge in [-0.2, -0.15) is 4.98 Å². The number of aromatic nitrogens is 2. The molecule has 5 nitrogen and oxygen atoms in total. The molecule has 1 aliphatic rings. The topological polar surface area (TPSA) is 60.2 Å². The van der Waals surface area contributed by atoms with Crippen LogP contribution in [-0.4, -0.2) is 29.3 Å². The van der Waals surface area contributed by atoms with E-state index in [1.165, 1.54) is 25.7 Å². The Morgan fingerprint density at radius 2 is 2.15 bits per heavy atom. The van der Waals surface area contributed by atoms with E-state index >= 15 is 0 Å². The van der Waals surface area contributed by atoms with Gasteiger partial charge in [-0.1, -0.05) is 31.8 Å². The van der Waals surface area contributed by atoms with Gasteiger partial charge in [-0.05, 0) is 31.7 Å². The first-order chi connectivity index (χ1) is 9.83. The van der Waals surface area contributed by atoms with Crippen molar-refractivity contribution in [2.45, 2.75) is 65.0 Å². The van der Waals surface area contributed by atoms with Crippen molar-refractivity contribution in [2.24, 2.45) is 5.92 Å². The normalized spacial score (nSPS) is 17.7. The van der Waals surface area contributed by atoms with Gasteiger partial charge in [0.25, 0.3) is 0 Å². The second-order valence-electron chi connectivity index (χ2n) is 5.57. The number of hydrogen-bond donors (Lipinski definition) is 1. The molecular formula is C15H27N3O2. The molecule has 1 unspecified atom stereocenters. The van der Waals surface area contributed by atoms with Gasteiger partial charge in [0.2, 0.25) is 5.89 Å². The maximum absolute atomic E-state index is 5.43. The maximum Gasteiger partial charge on any atom is 0.228 e. The minimum atomic E-state index is 0.451. The van der Waals surface area contributed by atoms with Crippen molar-refractivity contribution >= 4 is 0 Å². The monoisotopic (exact) mass is 281 g/mol. The van der Waals surface area contributed by atoms with E-state index in [0.717, 1.165) is 37.8 Å². The van der Waals surface area contributed by atoms with E-state index in [9.17, 15) is 0 Å². The molecule has 5 heteroatoms. The number of rotatable bonds is 9. The fourth-order valence-electron chi connectivity index (χ4n) is 2.96. The second-order valence-corrected chi connectivity index (χ2v) is 5.57. The number of nitrogens with one attached hydrogen (secondary N) is 1. The van der Waals surface area contributed by atoms with Crippen molar-refractivity contribution in [1.82, 2.24) is 15.5 Å². The van der Waals surface area contributed by atoms with Gasteiger partial charge in [0, 0.05) is 19.1 Å². The molecule has 1 aromatic rings. The third kappa shape index (κ3) is 4.56. The van der Waals surface area contributed by atoms with E-state index < -0.39 is 0 Å². The number of hydrogen-bond acceptors (Lipinski definition) is 5. The van der Waals surface area contributed by atoms with E-state index in [1.54, 1.807) is 0 Å². The fourth-order valence-corrected chi connectivity index (χ4v) is 2.96. The average molecular weight is 281 g/mol. The summed E-state index contributed by atoms with van der Waals surface area (Å²) < 4.78 is 10.8. The van der Waals surface area contributed by atoms with Crippen molar-refractivity contribution in [3.63, 3.8) is 0 Å². The summed E-state index contributed by atoms with van der Waals surface area (Å²) in [7, 11) is 0. The van der Waals surface area contributed by atoms with Crippen LogP contribution in [0.2, 0.25) is 0 Å². The van der Waals surface area contributed by atoms with Crippen LogP contribution in [0.1, 0.15) is 57.7 Å². The van der Waals surface area contributed by atoms with Gasteiger partial charge in [-0.3, -0.25) is 0 Å². The maximum atomic E-state index is 5.43. The van der Waals surface area contributed by atoms with Gasteiger partial charge in [0.05, 0.1) is 0 Å². The predicted octanol–water partition coefficient (Wildman–Crippen LogP) is 2.71. The zero-order chi connectivity index (χ0) is 14.2. The molecule has 1 atom stereocenters. The summed E-state index contributed by atoms with van der Waals surface area (Å²) >= 11 is 0. The Kier molecular flexibility index (Phi) is 6.47. The lowest BCUT2D eigenvalue weighted by Crippen LogP contribution is -2.37. The van der Waals surface area contributed by atoms with Gasteiger partial charge < -0.3 is 14.6 Å². The first-order valence-corrected chi connectivity index (χ1v) is 7.96. The average Bonchev–Trinajstić information content (AvgIpc) is 3.10. The zero-order valence-corrected chi connectivity index (χ0v) is 12.7. The lowest BCUT2D eigenvalue weighted by molar-refractivity contribution is 0.114. The van der Waals surface area contributed by atoms with Crippen LogP contribution in [0.15, 0.2) is 4.52 Å². The van der Waals surface area contributed by atoms with Crippen molar-refractivity contribution in [1.29, 1.82) is 0 Å². The lowest BCUT2D eigenvalue weighted by atomic mass is 9.95. The molecule has 2 rings (SSSR count). The molecule has 0 amide bonds. The van der Waals surface area contributed by atoms with E-state index in [4.69, 9.17) is 9.26 Å². The largest absolute Gasteiger partial charge is 0.373 e. The van der Waals surface area contributed by atoms with E-state index in [2.05, 4.69) is 29.3 Å². The molecule has 20 heavy (non-hydrogen) atoms. The van der Waals surface area contributed by atoms with Crippen molar-refractivity contribution in [3.8, 4) is 0 Å². The minimum absolute atomic E-state index is 0.451. The first-order valence-electron chi connectivity index (χ1n) is 7.96. The highest BCUT2D eigenvalue weighted by atomic mass is 16.5. The summed E-state index contributed by atoms with van der Waals surface area (Å²) in [6, 6.07) is 0.465. The molecule has 1 N–H and O–H groups in total. The van der Waals surface area contributed by atoms with E-state index in [1.807, 2.05) is 0 Å². The van der Waals surface area contributed by atoms with E-state index in [-0.39, 0.29) is 0 Å². The Balaban J connectivity index is 1.86. The summed E-state index contributed by atoms with van der Waals surface area (Å²) in [5.74, 6) is 2.15. The van der Waals surface area contributed by atoms with Crippen LogP contribution in [0.25, 0.3) is 0 Å². The number of nitrogens with zero attached hydrogens (tertiary/aromatic N) is 2. The van der Waals surface area contributed by atoms with Gasteiger partial charge in [0.15, 0.2) is 5.82 Å². The molecule has 0 aliphatic heterocycles. The van der Waals surface area contributed by atoms with Crippen LogP contribution in [0.3, 0.4) is 0 Å². The molecule has 1 heterocycles. The first kappa shape index (κ1) is 15.4. The molecule has 0 saturated heterocycles. The highest BCUT2D eigenvalue weighted by molar-refractivity contribution is 4.92. The lowest BCUT2D eigenvalue weighted by Gasteiger charge is -2.22. The number of ether oxygens (including phenoxy) is 1. The SMILES string of the molecule is CCCOCc1noc(CC(NCC)C2CCCC2)n1. The fraction of sp³-hybridized carbons (Fsp3) is 0.867. The Bertz CT molecular complexity index is 375. The Hall–Kier alpha value is -0.940. The summed E-state index contributed by atoms with van der Waals surface area (Å²) in [5, 5.41) is 7.56. The summed E-state index contributed by atoms with van der Waals surface area (Å²) in [6.45, 7) is 6.42. The van der Waals surface area contributed by atoms with Crippen molar-refractivity contribution in [3.05, 3.63) is 11.7 Å². The third-order valence-electron chi connectivity index (χ3n) is 3.92. The van der Waals surface area contributed by atoms with Crippen molar-refractivity contribution < 1.29 is 9.26 Å². The Morgan fingerprint density at radius 1 is 1.35 bits per heavy atom.